The highest BCUT2D eigenvalue weighted by atomic mass is 32.1. The number of thiocarbonyl (C=S) groups is 1. The van der Waals surface area contributed by atoms with E-state index in [1.165, 1.54) is 25.8 Å². The highest BCUT2D eigenvalue weighted by Gasteiger charge is 2.34. The van der Waals surface area contributed by atoms with Gasteiger partial charge in [0.25, 0.3) is 0 Å². The minimum Gasteiger partial charge on any atom is -0.388 e. The molecule has 1 aliphatic rings. The number of pyridine rings is 1. The van der Waals surface area contributed by atoms with E-state index in [1.54, 1.807) is 6.20 Å². The van der Waals surface area contributed by atoms with Gasteiger partial charge in [-0.1, -0.05) is 32.1 Å². The number of rotatable bonds is 5. The fraction of sp³-hybridized carbons (Fsp3) is 0.600. The molecule has 0 bridgehead atoms. The predicted octanol–water partition coefficient (Wildman–Crippen LogP) is 2.73. The SMILES string of the molecule is CCC1(CC)CCN(Cc2cccnc2C(N)=S)C1. The van der Waals surface area contributed by atoms with Crippen LogP contribution in [0.2, 0.25) is 0 Å². The first-order valence-corrected chi connectivity index (χ1v) is 7.47. The summed E-state index contributed by atoms with van der Waals surface area (Å²) >= 11 is 5.08. The zero-order valence-corrected chi connectivity index (χ0v) is 12.7. The molecule has 0 saturated carbocycles. The van der Waals surface area contributed by atoms with Crippen LogP contribution in [0.1, 0.15) is 44.4 Å². The molecule has 0 unspecified atom stereocenters. The summed E-state index contributed by atoms with van der Waals surface area (Å²) in [5.74, 6) is 0. The van der Waals surface area contributed by atoms with Crippen LogP contribution >= 0.6 is 12.2 Å². The normalized spacial score (nSPS) is 18.6. The van der Waals surface area contributed by atoms with Crippen molar-refractivity contribution in [3.05, 3.63) is 29.6 Å². The van der Waals surface area contributed by atoms with E-state index in [0.717, 1.165) is 24.3 Å². The molecule has 1 aliphatic heterocycles. The topological polar surface area (TPSA) is 42.2 Å². The molecule has 4 heteroatoms. The molecule has 0 aliphatic carbocycles. The molecule has 0 radical (unpaired) electrons. The lowest BCUT2D eigenvalue weighted by Crippen LogP contribution is -2.27. The Balaban J connectivity index is 2.09. The number of aromatic nitrogens is 1. The standard InChI is InChI=1S/C15H23N3S/c1-3-15(4-2)7-9-18(11-15)10-12-6-5-8-17-13(12)14(16)19/h5-6,8H,3-4,7,9-11H2,1-2H3,(H2,16,19). The zero-order chi connectivity index (χ0) is 13.9. The van der Waals surface area contributed by atoms with Crippen molar-refractivity contribution in [3.8, 4) is 0 Å². The van der Waals surface area contributed by atoms with Crippen molar-refractivity contribution < 1.29 is 0 Å². The summed E-state index contributed by atoms with van der Waals surface area (Å²) < 4.78 is 0. The zero-order valence-electron chi connectivity index (χ0n) is 11.9. The molecule has 2 rings (SSSR count). The quantitative estimate of drug-likeness (QED) is 0.840. The van der Waals surface area contributed by atoms with Gasteiger partial charge in [-0.05, 0) is 42.9 Å². The monoisotopic (exact) mass is 277 g/mol. The number of hydrogen-bond donors (Lipinski definition) is 1. The van der Waals surface area contributed by atoms with Crippen molar-refractivity contribution in [1.82, 2.24) is 9.88 Å². The Kier molecular flexibility index (Phi) is 4.53. The summed E-state index contributed by atoms with van der Waals surface area (Å²) in [6.07, 6.45) is 5.57. The van der Waals surface area contributed by atoms with E-state index in [9.17, 15) is 0 Å². The maximum atomic E-state index is 5.74. The Morgan fingerprint density at radius 3 is 2.79 bits per heavy atom. The molecule has 2 heterocycles. The van der Waals surface area contributed by atoms with Gasteiger partial charge in [0.15, 0.2) is 0 Å². The molecule has 1 fully saturated rings. The molecule has 1 saturated heterocycles. The van der Waals surface area contributed by atoms with Crippen LogP contribution in [0.3, 0.4) is 0 Å². The van der Waals surface area contributed by atoms with Crippen molar-refractivity contribution in [2.75, 3.05) is 13.1 Å². The Morgan fingerprint density at radius 2 is 2.21 bits per heavy atom. The average molecular weight is 277 g/mol. The second-order valence-electron chi connectivity index (χ2n) is 5.54. The molecular weight excluding hydrogens is 254 g/mol. The Hall–Kier alpha value is -1.00. The first kappa shape index (κ1) is 14.4. The van der Waals surface area contributed by atoms with Gasteiger partial charge >= 0.3 is 0 Å². The molecule has 0 aromatic carbocycles. The highest BCUT2D eigenvalue weighted by Crippen LogP contribution is 2.37. The van der Waals surface area contributed by atoms with E-state index < -0.39 is 0 Å². The lowest BCUT2D eigenvalue weighted by atomic mass is 9.82. The van der Waals surface area contributed by atoms with Gasteiger partial charge in [-0.15, -0.1) is 0 Å². The number of nitrogens with zero attached hydrogens (tertiary/aromatic N) is 2. The van der Waals surface area contributed by atoms with Crippen LogP contribution < -0.4 is 5.73 Å². The lowest BCUT2D eigenvalue weighted by Gasteiger charge is -2.26. The third-order valence-corrected chi connectivity index (χ3v) is 4.73. The number of likely N-dealkylation sites (tertiary alicyclic amines) is 1. The summed E-state index contributed by atoms with van der Waals surface area (Å²) in [6, 6.07) is 4.04. The smallest absolute Gasteiger partial charge is 0.123 e. The minimum atomic E-state index is 0.395. The molecule has 19 heavy (non-hydrogen) atoms. The average Bonchev–Trinajstić information content (AvgIpc) is 2.83. The molecule has 1 aromatic heterocycles. The van der Waals surface area contributed by atoms with Gasteiger partial charge in [-0.2, -0.15) is 0 Å². The minimum absolute atomic E-state index is 0.395. The summed E-state index contributed by atoms with van der Waals surface area (Å²) in [5, 5.41) is 0. The highest BCUT2D eigenvalue weighted by molar-refractivity contribution is 7.80. The van der Waals surface area contributed by atoms with E-state index in [0.29, 0.717) is 10.4 Å². The van der Waals surface area contributed by atoms with Crippen LogP contribution in [-0.2, 0) is 6.54 Å². The molecule has 1 aromatic rings. The summed E-state index contributed by atoms with van der Waals surface area (Å²) in [6.45, 7) is 7.84. The Bertz CT molecular complexity index is 454. The van der Waals surface area contributed by atoms with Crippen LogP contribution in [0, 0.1) is 5.41 Å². The molecule has 3 nitrogen and oxygen atoms in total. The fourth-order valence-corrected chi connectivity index (χ4v) is 3.20. The second-order valence-corrected chi connectivity index (χ2v) is 5.98. The van der Waals surface area contributed by atoms with E-state index in [4.69, 9.17) is 18.0 Å². The third kappa shape index (κ3) is 3.12. The van der Waals surface area contributed by atoms with E-state index in [-0.39, 0.29) is 0 Å². The van der Waals surface area contributed by atoms with E-state index >= 15 is 0 Å². The first-order chi connectivity index (χ1) is 9.10. The van der Waals surface area contributed by atoms with Crippen molar-refractivity contribution >= 4 is 17.2 Å². The molecular formula is C15H23N3S. The van der Waals surface area contributed by atoms with Gasteiger partial charge in [-0.25, -0.2) is 0 Å². The largest absolute Gasteiger partial charge is 0.388 e. The summed E-state index contributed by atoms with van der Waals surface area (Å²) in [7, 11) is 0. The van der Waals surface area contributed by atoms with Gasteiger partial charge in [0.2, 0.25) is 0 Å². The Morgan fingerprint density at radius 1 is 1.47 bits per heavy atom. The van der Waals surface area contributed by atoms with Crippen molar-refractivity contribution in [1.29, 1.82) is 0 Å². The Labute approximate surface area is 121 Å². The molecule has 0 amide bonds. The second kappa shape index (κ2) is 5.97. The molecule has 2 N–H and O–H groups in total. The summed E-state index contributed by atoms with van der Waals surface area (Å²) in [5.41, 5.74) is 8.18. The van der Waals surface area contributed by atoms with Crippen LogP contribution in [0.4, 0.5) is 0 Å². The lowest BCUT2D eigenvalue weighted by molar-refractivity contribution is 0.236. The maximum absolute atomic E-state index is 5.74. The predicted molar refractivity (Wildman–Crippen MR) is 83.0 cm³/mol. The van der Waals surface area contributed by atoms with Crippen molar-refractivity contribution in [2.24, 2.45) is 11.1 Å². The van der Waals surface area contributed by atoms with Gasteiger partial charge in [0.05, 0.1) is 0 Å². The maximum Gasteiger partial charge on any atom is 0.123 e. The van der Waals surface area contributed by atoms with Crippen LogP contribution in [0.15, 0.2) is 18.3 Å². The van der Waals surface area contributed by atoms with Gasteiger partial charge in [-0.3, -0.25) is 9.88 Å². The first-order valence-electron chi connectivity index (χ1n) is 7.06. The van der Waals surface area contributed by atoms with Crippen LogP contribution in [0.25, 0.3) is 0 Å². The molecule has 0 atom stereocenters. The fourth-order valence-electron chi connectivity index (χ4n) is 3.02. The van der Waals surface area contributed by atoms with Crippen LogP contribution in [-0.4, -0.2) is 28.0 Å². The van der Waals surface area contributed by atoms with Gasteiger partial charge in [0, 0.05) is 19.3 Å². The molecule has 104 valence electrons. The summed E-state index contributed by atoms with van der Waals surface area (Å²) in [4.78, 5) is 7.21. The van der Waals surface area contributed by atoms with Gasteiger partial charge in [0.1, 0.15) is 10.7 Å². The number of hydrogen-bond acceptors (Lipinski definition) is 3. The van der Waals surface area contributed by atoms with E-state index in [1.807, 2.05) is 6.07 Å². The molecule has 0 spiro atoms. The van der Waals surface area contributed by atoms with Crippen molar-refractivity contribution in [3.63, 3.8) is 0 Å². The van der Waals surface area contributed by atoms with Crippen molar-refractivity contribution in [2.45, 2.75) is 39.7 Å². The van der Waals surface area contributed by atoms with Gasteiger partial charge < -0.3 is 5.73 Å². The van der Waals surface area contributed by atoms with E-state index in [2.05, 4.69) is 29.8 Å². The number of nitrogens with two attached hydrogens (primary N) is 1. The van der Waals surface area contributed by atoms with Crippen LogP contribution in [0.5, 0.6) is 0 Å². The third-order valence-electron chi connectivity index (χ3n) is 4.54.